The number of amides is 1. The van der Waals surface area contributed by atoms with Gasteiger partial charge in [0.1, 0.15) is 5.58 Å². The molecule has 0 bridgehead atoms. The van der Waals surface area contributed by atoms with Gasteiger partial charge in [-0.25, -0.2) is 0 Å². The van der Waals surface area contributed by atoms with Crippen LogP contribution in [0.4, 0.5) is 0 Å². The Labute approximate surface area is 97.4 Å². The summed E-state index contributed by atoms with van der Waals surface area (Å²) >= 11 is 4.66. The van der Waals surface area contributed by atoms with E-state index in [1.165, 1.54) is 0 Å². The van der Waals surface area contributed by atoms with Crippen LogP contribution in [0.3, 0.4) is 0 Å². The van der Waals surface area contributed by atoms with Crippen molar-refractivity contribution in [2.45, 2.75) is 0 Å². The van der Waals surface area contributed by atoms with E-state index in [-0.39, 0.29) is 23.2 Å². The molecule has 0 aliphatic carbocycles. The van der Waals surface area contributed by atoms with Gasteiger partial charge in [0, 0.05) is 5.39 Å². The highest BCUT2D eigenvalue weighted by molar-refractivity contribution is 7.80. The van der Waals surface area contributed by atoms with Gasteiger partial charge in [0.25, 0.3) is 5.91 Å². The average Bonchev–Trinajstić information content (AvgIpc) is 2.69. The molecule has 4 nitrogen and oxygen atoms in total. The van der Waals surface area contributed by atoms with Crippen LogP contribution in [0.15, 0.2) is 34.7 Å². The molecule has 0 spiro atoms. The summed E-state index contributed by atoms with van der Waals surface area (Å²) in [6.45, 7) is 0.172. The molecule has 0 aliphatic heterocycles. The number of thiocarbonyl (C=S) groups is 1. The Bertz CT molecular complexity index is 515. The molecule has 0 aliphatic rings. The van der Waals surface area contributed by atoms with Crippen LogP contribution in [0.1, 0.15) is 10.6 Å². The molecule has 1 aromatic carbocycles. The maximum atomic E-state index is 11.6. The third-order valence-corrected chi connectivity index (χ3v) is 2.22. The first kappa shape index (κ1) is 10.6. The van der Waals surface area contributed by atoms with E-state index in [2.05, 4.69) is 17.5 Å². The fraction of sp³-hybridized carbons (Fsp3) is 0.0909. The highest BCUT2D eigenvalue weighted by Gasteiger charge is 2.11. The minimum Gasteiger partial charge on any atom is -0.451 e. The van der Waals surface area contributed by atoms with Crippen LogP contribution in [0, 0.1) is 0 Å². The molecule has 0 radical (unpaired) electrons. The van der Waals surface area contributed by atoms with Gasteiger partial charge in [-0.1, -0.05) is 30.4 Å². The number of hydrogen-bond donors (Lipinski definition) is 2. The lowest BCUT2D eigenvalue weighted by Gasteiger charge is -1.99. The average molecular weight is 234 g/mol. The Hall–Kier alpha value is -1.88. The zero-order valence-corrected chi connectivity index (χ0v) is 9.21. The second kappa shape index (κ2) is 4.32. The Morgan fingerprint density at radius 2 is 2.19 bits per heavy atom. The van der Waals surface area contributed by atoms with Gasteiger partial charge in [-0.2, -0.15) is 0 Å². The molecule has 1 heterocycles. The topological polar surface area (TPSA) is 68.3 Å². The van der Waals surface area contributed by atoms with E-state index in [1.54, 1.807) is 12.1 Å². The quantitative estimate of drug-likeness (QED) is 0.789. The van der Waals surface area contributed by atoms with Crippen molar-refractivity contribution in [1.29, 1.82) is 0 Å². The number of nitrogens with two attached hydrogens (primary N) is 1. The molecule has 5 heteroatoms. The van der Waals surface area contributed by atoms with Crippen LogP contribution in [-0.4, -0.2) is 17.4 Å². The fourth-order valence-electron chi connectivity index (χ4n) is 1.35. The maximum absolute atomic E-state index is 11.6. The molecule has 0 atom stereocenters. The number of carbonyl (C=O) groups excluding carboxylic acids is 1. The molecule has 2 aromatic rings. The smallest absolute Gasteiger partial charge is 0.287 e. The second-order valence-electron chi connectivity index (χ2n) is 3.30. The molecule has 1 amide bonds. The van der Waals surface area contributed by atoms with Crippen LogP contribution in [0.25, 0.3) is 11.0 Å². The number of furan rings is 1. The van der Waals surface area contributed by atoms with Gasteiger partial charge in [0.05, 0.1) is 11.5 Å². The van der Waals surface area contributed by atoms with Crippen LogP contribution in [-0.2, 0) is 0 Å². The second-order valence-corrected chi connectivity index (χ2v) is 3.82. The molecular formula is C11H10N2O2S. The molecule has 0 fully saturated rings. The predicted octanol–water partition coefficient (Wildman–Crippen LogP) is 1.45. The molecule has 0 unspecified atom stereocenters. The van der Waals surface area contributed by atoms with Crippen molar-refractivity contribution in [3.8, 4) is 0 Å². The maximum Gasteiger partial charge on any atom is 0.287 e. The van der Waals surface area contributed by atoms with E-state index < -0.39 is 0 Å². The zero-order chi connectivity index (χ0) is 11.5. The lowest BCUT2D eigenvalue weighted by atomic mass is 10.2. The highest BCUT2D eigenvalue weighted by atomic mass is 32.1. The third-order valence-electron chi connectivity index (χ3n) is 2.07. The van der Waals surface area contributed by atoms with E-state index in [0.29, 0.717) is 5.58 Å². The number of carbonyl (C=O) groups is 1. The summed E-state index contributed by atoms with van der Waals surface area (Å²) in [6.07, 6.45) is 0. The van der Waals surface area contributed by atoms with E-state index in [1.807, 2.05) is 18.2 Å². The minimum absolute atomic E-state index is 0.172. The standard InChI is InChI=1S/C11H10N2O2S/c12-10(16)6-13-11(14)9-5-7-3-1-2-4-8(7)15-9/h1-5H,6H2,(H2,12,16)(H,13,14). The summed E-state index contributed by atoms with van der Waals surface area (Å²) in [5.74, 6) is -0.0542. The highest BCUT2D eigenvalue weighted by Crippen LogP contribution is 2.18. The summed E-state index contributed by atoms with van der Waals surface area (Å²) in [5.41, 5.74) is 5.96. The number of para-hydroxylation sites is 1. The Balaban J connectivity index is 2.20. The van der Waals surface area contributed by atoms with E-state index >= 15 is 0 Å². The van der Waals surface area contributed by atoms with E-state index in [0.717, 1.165) is 5.39 Å². The normalized spacial score (nSPS) is 10.2. The number of benzene rings is 1. The molecule has 3 N–H and O–H groups in total. The van der Waals surface area contributed by atoms with Gasteiger partial charge in [-0.15, -0.1) is 0 Å². The Morgan fingerprint density at radius 1 is 1.44 bits per heavy atom. The molecule has 82 valence electrons. The van der Waals surface area contributed by atoms with Crippen LogP contribution in [0.5, 0.6) is 0 Å². The van der Waals surface area contributed by atoms with E-state index in [4.69, 9.17) is 10.2 Å². The van der Waals surface area contributed by atoms with Crippen molar-refractivity contribution >= 4 is 34.1 Å². The van der Waals surface area contributed by atoms with Crippen LogP contribution in [0.2, 0.25) is 0 Å². The molecule has 2 rings (SSSR count). The molecule has 0 saturated carbocycles. The van der Waals surface area contributed by atoms with Crippen molar-refractivity contribution in [2.24, 2.45) is 5.73 Å². The monoisotopic (exact) mass is 234 g/mol. The molecular weight excluding hydrogens is 224 g/mol. The molecule has 0 saturated heterocycles. The lowest BCUT2D eigenvalue weighted by molar-refractivity contribution is 0.0934. The number of rotatable bonds is 3. The summed E-state index contributed by atoms with van der Waals surface area (Å²) in [7, 11) is 0. The number of nitrogens with one attached hydrogen (secondary N) is 1. The van der Waals surface area contributed by atoms with Crippen molar-refractivity contribution in [3.05, 3.63) is 36.1 Å². The van der Waals surface area contributed by atoms with Gasteiger partial charge in [0.2, 0.25) is 0 Å². The summed E-state index contributed by atoms with van der Waals surface area (Å²) in [4.78, 5) is 11.8. The van der Waals surface area contributed by atoms with Crippen LogP contribution < -0.4 is 11.1 Å². The zero-order valence-electron chi connectivity index (χ0n) is 8.40. The first-order valence-corrected chi connectivity index (χ1v) is 5.13. The summed E-state index contributed by atoms with van der Waals surface area (Å²) in [6, 6.07) is 9.10. The fourth-order valence-corrected chi connectivity index (χ4v) is 1.42. The largest absolute Gasteiger partial charge is 0.451 e. The first-order chi connectivity index (χ1) is 7.66. The Kier molecular flexibility index (Phi) is 2.87. The Morgan fingerprint density at radius 3 is 2.88 bits per heavy atom. The lowest BCUT2D eigenvalue weighted by Crippen LogP contribution is -2.31. The van der Waals surface area contributed by atoms with Gasteiger partial charge in [0.15, 0.2) is 5.76 Å². The molecule has 1 aromatic heterocycles. The first-order valence-electron chi connectivity index (χ1n) is 4.72. The minimum atomic E-state index is -0.316. The van der Waals surface area contributed by atoms with E-state index in [9.17, 15) is 4.79 Å². The predicted molar refractivity (Wildman–Crippen MR) is 65.3 cm³/mol. The van der Waals surface area contributed by atoms with Crippen molar-refractivity contribution in [3.63, 3.8) is 0 Å². The van der Waals surface area contributed by atoms with Crippen molar-refractivity contribution < 1.29 is 9.21 Å². The van der Waals surface area contributed by atoms with Gasteiger partial charge < -0.3 is 15.5 Å². The SMILES string of the molecule is NC(=S)CNC(=O)c1cc2ccccc2o1. The number of hydrogen-bond acceptors (Lipinski definition) is 3. The van der Waals surface area contributed by atoms with Crippen molar-refractivity contribution in [1.82, 2.24) is 5.32 Å². The van der Waals surface area contributed by atoms with Crippen LogP contribution >= 0.6 is 12.2 Å². The number of fused-ring (bicyclic) bond motifs is 1. The van der Waals surface area contributed by atoms with Gasteiger partial charge >= 0.3 is 0 Å². The van der Waals surface area contributed by atoms with Gasteiger partial charge in [-0.05, 0) is 12.1 Å². The van der Waals surface area contributed by atoms with Gasteiger partial charge in [-0.3, -0.25) is 4.79 Å². The summed E-state index contributed by atoms with van der Waals surface area (Å²) < 4.78 is 5.37. The third kappa shape index (κ3) is 2.20. The van der Waals surface area contributed by atoms with Crippen molar-refractivity contribution in [2.75, 3.05) is 6.54 Å². The molecule has 16 heavy (non-hydrogen) atoms. The summed E-state index contributed by atoms with van der Waals surface area (Å²) in [5, 5.41) is 3.45.